The van der Waals surface area contributed by atoms with E-state index in [1.54, 1.807) is 0 Å². The Balaban J connectivity index is 2.69. The minimum absolute atomic E-state index is 0.203. The fraction of sp³-hybridized carbons (Fsp3) is 0.600. The predicted molar refractivity (Wildman–Crippen MR) is 38.7 cm³/mol. The Morgan fingerprint density at radius 1 is 1.25 bits per heavy atom. The average Bonchev–Trinajstić information content (AvgIpc) is 1.65. The topological polar surface area (TPSA) is 24.7 Å². The second-order valence-corrected chi connectivity index (χ2v) is 2.79. The number of rotatable bonds is 0. The molecule has 0 spiro atoms. The van der Waals surface area contributed by atoms with Gasteiger partial charge in [0, 0.05) is 0 Å². The van der Waals surface area contributed by atoms with Gasteiger partial charge in [-0.15, -0.1) is 0 Å². The highest BCUT2D eigenvalue weighted by atomic mass is 32.2. The lowest BCUT2D eigenvalue weighted by atomic mass is 10.3. The van der Waals surface area contributed by atoms with Gasteiger partial charge in [-0.25, -0.2) is 0 Å². The summed E-state index contributed by atoms with van der Waals surface area (Å²) in [6.07, 6.45) is 0. The van der Waals surface area contributed by atoms with Gasteiger partial charge in [-0.1, -0.05) is 11.8 Å². The molecule has 2 nitrogen and oxygen atoms in total. The van der Waals surface area contributed by atoms with E-state index < -0.39 is 0 Å². The Morgan fingerprint density at radius 2 is 1.75 bits per heavy atom. The number of nitrogens with zero attached hydrogens (tertiary/aromatic N) is 2. The van der Waals surface area contributed by atoms with Crippen LogP contribution in [0.3, 0.4) is 0 Å². The summed E-state index contributed by atoms with van der Waals surface area (Å²) in [6, 6.07) is 0. The van der Waals surface area contributed by atoms with Crippen molar-refractivity contribution in [1.29, 1.82) is 0 Å². The molecule has 1 heterocycles. The number of thioether (sulfide) groups is 1. The Morgan fingerprint density at radius 3 is 2.00 bits per heavy atom. The summed E-state index contributed by atoms with van der Waals surface area (Å²) in [5, 5.41) is 0. The van der Waals surface area contributed by atoms with Crippen LogP contribution in [0.25, 0.3) is 0 Å². The zero-order valence-electron chi connectivity index (χ0n) is 4.96. The summed E-state index contributed by atoms with van der Waals surface area (Å²) >= 11 is 1.51. The Labute approximate surface area is 53.1 Å². The molecule has 0 fully saturated rings. The van der Waals surface area contributed by atoms with Crippen molar-refractivity contribution in [3.8, 4) is 0 Å². The quantitative estimate of drug-likeness (QED) is 0.485. The van der Waals surface area contributed by atoms with Gasteiger partial charge in [-0.3, -0.25) is 9.98 Å². The van der Waals surface area contributed by atoms with Gasteiger partial charge in [0.15, 0.2) is 0 Å². The van der Waals surface area contributed by atoms with E-state index in [2.05, 4.69) is 9.98 Å². The highest BCUT2D eigenvalue weighted by Gasteiger charge is 2.12. The van der Waals surface area contributed by atoms with Crippen LogP contribution in [0.1, 0.15) is 13.8 Å². The van der Waals surface area contributed by atoms with Gasteiger partial charge < -0.3 is 0 Å². The maximum Gasteiger partial charge on any atom is 0.145 e. The molecule has 0 saturated heterocycles. The van der Waals surface area contributed by atoms with Crippen molar-refractivity contribution in [3.63, 3.8) is 0 Å². The van der Waals surface area contributed by atoms with E-state index in [9.17, 15) is 0 Å². The standard InChI is InChI=1S/C5H8N2S/c1-5(2)6-3-8-4-7-5/h3-4H,1-2H3. The maximum atomic E-state index is 4.10. The van der Waals surface area contributed by atoms with E-state index in [0.717, 1.165) is 0 Å². The van der Waals surface area contributed by atoms with Crippen molar-refractivity contribution in [2.75, 3.05) is 0 Å². The van der Waals surface area contributed by atoms with Crippen molar-refractivity contribution in [2.24, 2.45) is 9.98 Å². The minimum Gasteiger partial charge on any atom is -0.257 e. The summed E-state index contributed by atoms with van der Waals surface area (Å²) in [6.45, 7) is 3.94. The molecular weight excluding hydrogens is 120 g/mol. The van der Waals surface area contributed by atoms with E-state index in [-0.39, 0.29) is 5.66 Å². The van der Waals surface area contributed by atoms with Gasteiger partial charge in [-0.2, -0.15) is 0 Å². The van der Waals surface area contributed by atoms with Gasteiger partial charge in [-0.05, 0) is 13.8 Å². The smallest absolute Gasteiger partial charge is 0.145 e. The molecule has 0 aromatic heterocycles. The third kappa shape index (κ3) is 1.33. The van der Waals surface area contributed by atoms with Crippen LogP contribution in [0.15, 0.2) is 9.98 Å². The summed E-state index contributed by atoms with van der Waals surface area (Å²) in [5.74, 6) is 0. The molecule has 0 amide bonds. The van der Waals surface area contributed by atoms with Crippen molar-refractivity contribution in [1.82, 2.24) is 0 Å². The molecule has 0 unspecified atom stereocenters. The summed E-state index contributed by atoms with van der Waals surface area (Å²) in [5.41, 5.74) is 3.42. The SMILES string of the molecule is CC1(C)N=CSC=N1. The van der Waals surface area contributed by atoms with Gasteiger partial charge >= 0.3 is 0 Å². The zero-order chi connectivity index (χ0) is 6.04. The predicted octanol–water partition coefficient (Wildman–Crippen LogP) is 1.53. The molecule has 0 aromatic rings. The van der Waals surface area contributed by atoms with Crippen molar-refractivity contribution in [3.05, 3.63) is 0 Å². The van der Waals surface area contributed by atoms with Gasteiger partial charge in [0.2, 0.25) is 0 Å². The molecule has 0 radical (unpaired) electrons. The molecular formula is C5H8N2S. The Bertz CT molecular complexity index is 123. The van der Waals surface area contributed by atoms with Gasteiger partial charge in [0.1, 0.15) is 5.66 Å². The largest absolute Gasteiger partial charge is 0.257 e. The molecule has 44 valence electrons. The normalized spacial score (nSPS) is 23.8. The van der Waals surface area contributed by atoms with Crippen molar-refractivity contribution >= 4 is 22.9 Å². The molecule has 1 aliphatic heterocycles. The first-order chi connectivity index (χ1) is 3.71. The monoisotopic (exact) mass is 128 g/mol. The number of aliphatic imine (C=N–C) groups is 2. The van der Waals surface area contributed by atoms with Crippen LogP contribution in [-0.4, -0.2) is 16.8 Å². The molecule has 1 aliphatic rings. The van der Waals surface area contributed by atoms with Crippen molar-refractivity contribution < 1.29 is 0 Å². The van der Waals surface area contributed by atoms with Crippen LogP contribution in [-0.2, 0) is 0 Å². The lowest BCUT2D eigenvalue weighted by molar-refractivity contribution is 0.560. The molecule has 0 N–H and O–H groups in total. The second kappa shape index (κ2) is 1.90. The fourth-order valence-electron chi connectivity index (χ4n) is 0.379. The third-order valence-corrected chi connectivity index (χ3v) is 1.31. The van der Waals surface area contributed by atoms with Crippen molar-refractivity contribution in [2.45, 2.75) is 19.5 Å². The van der Waals surface area contributed by atoms with Gasteiger partial charge in [0.05, 0.1) is 11.1 Å². The first-order valence-corrected chi connectivity index (χ1v) is 3.38. The fourth-order valence-corrected chi connectivity index (χ4v) is 1.07. The molecule has 8 heavy (non-hydrogen) atoms. The van der Waals surface area contributed by atoms with Crippen LogP contribution in [0.2, 0.25) is 0 Å². The van der Waals surface area contributed by atoms with E-state index in [4.69, 9.17) is 0 Å². The lowest BCUT2D eigenvalue weighted by Gasteiger charge is -2.14. The summed E-state index contributed by atoms with van der Waals surface area (Å²) in [4.78, 5) is 8.20. The highest BCUT2D eigenvalue weighted by molar-refractivity contribution is 8.23. The van der Waals surface area contributed by atoms with Crippen LogP contribution < -0.4 is 0 Å². The number of hydrogen-bond donors (Lipinski definition) is 0. The molecule has 1 rings (SSSR count). The lowest BCUT2D eigenvalue weighted by Crippen LogP contribution is -2.14. The van der Waals surface area contributed by atoms with Crippen LogP contribution >= 0.6 is 11.8 Å². The zero-order valence-corrected chi connectivity index (χ0v) is 5.77. The first kappa shape index (κ1) is 5.82. The van der Waals surface area contributed by atoms with Crippen LogP contribution in [0.4, 0.5) is 0 Å². The Kier molecular flexibility index (Phi) is 1.38. The molecule has 0 saturated carbocycles. The second-order valence-electron chi connectivity index (χ2n) is 2.10. The maximum absolute atomic E-state index is 4.10. The number of hydrogen-bond acceptors (Lipinski definition) is 3. The van der Waals surface area contributed by atoms with Gasteiger partial charge in [0.25, 0.3) is 0 Å². The molecule has 0 bridgehead atoms. The third-order valence-electron chi connectivity index (χ3n) is 0.859. The van der Waals surface area contributed by atoms with Crippen LogP contribution in [0.5, 0.6) is 0 Å². The summed E-state index contributed by atoms with van der Waals surface area (Å²) in [7, 11) is 0. The highest BCUT2D eigenvalue weighted by Crippen LogP contribution is 2.14. The molecule has 0 atom stereocenters. The Hall–Kier alpha value is -0.310. The van der Waals surface area contributed by atoms with Crippen LogP contribution in [0, 0.1) is 0 Å². The minimum atomic E-state index is -0.203. The van der Waals surface area contributed by atoms with E-state index >= 15 is 0 Å². The van der Waals surface area contributed by atoms with E-state index in [1.807, 2.05) is 24.9 Å². The first-order valence-electron chi connectivity index (χ1n) is 2.44. The van der Waals surface area contributed by atoms with E-state index in [0.29, 0.717) is 0 Å². The molecule has 3 heteroatoms. The average molecular weight is 128 g/mol. The van der Waals surface area contributed by atoms with E-state index in [1.165, 1.54) is 11.8 Å². The molecule has 0 aliphatic carbocycles. The summed E-state index contributed by atoms with van der Waals surface area (Å²) < 4.78 is 0. The molecule has 0 aromatic carbocycles.